The lowest BCUT2D eigenvalue weighted by Crippen LogP contribution is -2.35. The summed E-state index contributed by atoms with van der Waals surface area (Å²) in [6.07, 6.45) is 3.23. The Balaban J connectivity index is 2.20. The number of hydrogen-bond donors (Lipinski definition) is 1. The molecule has 5 heteroatoms. The maximum atomic E-state index is 5.91. The normalized spacial score (nSPS) is 26.0. The van der Waals surface area contributed by atoms with Crippen molar-refractivity contribution < 1.29 is 9.26 Å². The second-order valence-electron chi connectivity index (χ2n) is 6.61. The highest BCUT2D eigenvalue weighted by atomic mass is 16.5. The van der Waals surface area contributed by atoms with Crippen LogP contribution >= 0.6 is 0 Å². The van der Waals surface area contributed by atoms with Crippen molar-refractivity contribution in [1.82, 2.24) is 15.5 Å². The van der Waals surface area contributed by atoms with Gasteiger partial charge in [0.05, 0.1) is 5.92 Å². The summed E-state index contributed by atoms with van der Waals surface area (Å²) in [5.41, 5.74) is -0.386. The van der Waals surface area contributed by atoms with Gasteiger partial charge in [-0.3, -0.25) is 0 Å². The number of ether oxygens (including phenoxy) is 1. The van der Waals surface area contributed by atoms with Crippen LogP contribution in [0.5, 0.6) is 0 Å². The van der Waals surface area contributed by atoms with Crippen molar-refractivity contribution in [2.45, 2.75) is 71.4 Å². The predicted molar refractivity (Wildman–Crippen MR) is 82.2 cm³/mol. The zero-order chi connectivity index (χ0) is 15.5. The fraction of sp³-hybridized carbons (Fsp3) is 0.875. The minimum atomic E-state index is -0.386. The minimum Gasteiger partial charge on any atom is -0.367 e. The van der Waals surface area contributed by atoms with E-state index in [-0.39, 0.29) is 11.5 Å². The lowest BCUT2D eigenvalue weighted by atomic mass is 9.89. The van der Waals surface area contributed by atoms with Gasteiger partial charge in [0.25, 0.3) is 0 Å². The zero-order valence-electron chi connectivity index (χ0n) is 14.0. The fourth-order valence-corrected chi connectivity index (χ4v) is 3.22. The lowest BCUT2D eigenvalue weighted by Gasteiger charge is -2.30. The van der Waals surface area contributed by atoms with Crippen LogP contribution in [0.4, 0.5) is 0 Å². The molecular formula is C16H29N3O2. The van der Waals surface area contributed by atoms with Crippen LogP contribution in [-0.4, -0.2) is 29.3 Å². The molecule has 21 heavy (non-hydrogen) atoms. The van der Waals surface area contributed by atoms with E-state index < -0.39 is 0 Å². The second kappa shape index (κ2) is 6.88. The van der Waals surface area contributed by atoms with E-state index in [1.54, 1.807) is 0 Å². The molecule has 1 aromatic heterocycles. The molecule has 1 saturated heterocycles. The maximum absolute atomic E-state index is 5.91. The molecule has 0 amide bonds. The van der Waals surface area contributed by atoms with E-state index in [0.717, 1.165) is 38.3 Å². The summed E-state index contributed by atoms with van der Waals surface area (Å²) in [5, 5.41) is 7.68. The van der Waals surface area contributed by atoms with Gasteiger partial charge in [0.1, 0.15) is 5.60 Å². The summed E-state index contributed by atoms with van der Waals surface area (Å²) in [6.45, 7) is 12.5. The molecule has 3 unspecified atom stereocenters. The quantitative estimate of drug-likeness (QED) is 0.873. The van der Waals surface area contributed by atoms with Gasteiger partial charge in [-0.05, 0) is 45.6 Å². The summed E-state index contributed by atoms with van der Waals surface area (Å²) in [7, 11) is 0. The molecule has 3 atom stereocenters. The molecule has 0 radical (unpaired) electrons. The van der Waals surface area contributed by atoms with Crippen molar-refractivity contribution in [1.29, 1.82) is 0 Å². The van der Waals surface area contributed by atoms with E-state index in [2.05, 4.69) is 50.1 Å². The van der Waals surface area contributed by atoms with E-state index in [1.165, 1.54) is 0 Å². The monoisotopic (exact) mass is 295 g/mol. The van der Waals surface area contributed by atoms with E-state index in [9.17, 15) is 0 Å². The first-order valence-electron chi connectivity index (χ1n) is 8.19. The van der Waals surface area contributed by atoms with Crippen molar-refractivity contribution in [3.8, 4) is 0 Å². The van der Waals surface area contributed by atoms with Crippen LogP contribution in [0.15, 0.2) is 4.52 Å². The fourth-order valence-electron chi connectivity index (χ4n) is 3.22. The third-order valence-electron chi connectivity index (χ3n) is 4.45. The predicted octanol–water partition coefficient (Wildman–Crippen LogP) is 3.22. The molecule has 2 rings (SSSR count). The molecule has 0 aliphatic carbocycles. The van der Waals surface area contributed by atoms with Crippen LogP contribution in [0.2, 0.25) is 0 Å². The Morgan fingerprint density at radius 1 is 1.29 bits per heavy atom. The molecule has 5 nitrogen and oxygen atoms in total. The number of hydrogen-bond acceptors (Lipinski definition) is 5. The minimum absolute atomic E-state index is 0.221. The average molecular weight is 295 g/mol. The molecule has 120 valence electrons. The molecule has 1 aliphatic rings. The largest absolute Gasteiger partial charge is 0.367 e. The van der Waals surface area contributed by atoms with Gasteiger partial charge in [-0.1, -0.05) is 25.9 Å². The van der Waals surface area contributed by atoms with Gasteiger partial charge in [0.15, 0.2) is 0 Å². The van der Waals surface area contributed by atoms with E-state index >= 15 is 0 Å². The molecule has 1 aromatic rings. The smallest absolute Gasteiger partial charge is 0.231 e. The number of likely N-dealkylation sites (N-methyl/N-ethyl adjacent to an activating group) is 1. The zero-order valence-corrected chi connectivity index (χ0v) is 14.0. The van der Waals surface area contributed by atoms with Crippen LogP contribution in [0.3, 0.4) is 0 Å². The number of nitrogens with zero attached hydrogens (tertiary/aromatic N) is 2. The van der Waals surface area contributed by atoms with Gasteiger partial charge in [-0.15, -0.1) is 0 Å². The Hall–Kier alpha value is -0.940. The first-order valence-corrected chi connectivity index (χ1v) is 8.19. The lowest BCUT2D eigenvalue weighted by molar-refractivity contribution is -0.0770. The van der Waals surface area contributed by atoms with Gasteiger partial charge >= 0.3 is 0 Å². The molecule has 0 bridgehead atoms. The standard InChI is InChI=1S/C16H29N3O2/c1-6-17-12(4)13(11(2)3)14-18-15(19-21-14)16(5)9-7-8-10-20-16/h11-13,17H,6-10H2,1-5H3. The molecule has 0 aromatic carbocycles. The Bertz CT molecular complexity index is 438. The van der Waals surface area contributed by atoms with Gasteiger partial charge < -0.3 is 14.6 Å². The van der Waals surface area contributed by atoms with Crippen molar-refractivity contribution in [2.75, 3.05) is 13.2 Å². The molecule has 2 heterocycles. The molecule has 1 aliphatic heterocycles. The molecule has 0 spiro atoms. The maximum Gasteiger partial charge on any atom is 0.231 e. The number of aromatic nitrogens is 2. The second-order valence-corrected chi connectivity index (χ2v) is 6.61. The molecule has 0 saturated carbocycles. The van der Waals surface area contributed by atoms with Crippen molar-refractivity contribution in [3.05, 3.63) is 11.7 Å². The highest BCUT2D eigenvalue weighted by molar-refractivity contribution is 5.05. The summed E-state index contributed by atoms with van der Waals surface area (Å²) >= 11 is 0. The van der Waals surface area contributed by atoms with Crippen LogP contribution in [0, 0.1) is 5.92 Å². The van der Waals surface area contributed by atoms with Gasteiger partial charge in [-0.25, -0.2) is 0 Å². The first-order chi connectivity index (χ1) is 9.98. The Morgan fingerprint density at radius 2 is 2.05 bits per heavy atom. The Labute approximate surface area is 127 Å². The van der Waals surface area contributed by atoms with Gasteiger partial charge in [0, 0.05) is 12.6 Å². The van der Waals surface area contributed by atoms with Crippen LogP contribution < -0.4 is 5.32 Å². The molecule has 1 N–H and O–H groups in total. The van der Waals surface area contributed by atoms with E-state index in [0.29, 0.717) is 17.8 Å². The number of nitrogens with one attached hydrogen (secondary N) is 1. The van der Waals surface area contributed by atoms with E-state index in [1.807, 2.05) is 0 Å². The highest BCUT2D eigenvalue weighted by Gasteiger charge is 2.37. The van der Waals surface area contributed by atoms with Crippen LogP contribution in [-0.2, 0) is 10.3 Å². The van der Waals surface area contributed by atoms with Gasteiger partial charge in [0.2, 0.25) is 11.7 Å². The van der Waals surface area contributed by atoms with Crippen molar-refractivity contribution >= 4 is 0 Å². The third-order valence-corrected chi connectivity index (χ3v) is 4.45. The summed E-state index contributed by atoms with van der Waals surface area (Å²) in [6, 6.07) is 0.309. The van der Waals surface area contributed by atoms with Crippen molar-refractivity contribution in [2.24, 2.45) is 5.92 Å². The SMILES string of the molecule is CCNC(C)C(c1nc(C2(C)CCCCO2)no1)C(C)C. The topological polar surface area (TPSA) is 60.2 Å². The summed E-state index contributed by atoms with van der Waals surface area (Å²) in [4.78, 5) is 4.69. The third kappa shape index (κ3) is 3.64. The summed E-state index contributed by atoms with van der Waals surface area (Å²) in [5.74, 6) is 2.08. The average Bonchev–Trinajstić information content (AvgIpc) is 2.90. The number of rotatable bonds is 6. The molecular weight excluding hydrogens is 266 g/mol. The Morgan fingerprint density at radius 3 is 2.62 bits per heavy atom. The first kappa shape index (κ1) is 16.4. The Kier molecular flexibility index (Phi) is 5.38. The van der Waals surface area contributed by atoms with Crippen LogP contribution in [0.1, 0.15) is 71.5 Å². The molecule has 1 fully saturated rings. The van der Waals surface area contributed by atoms with E-state index in [4.69, 9.17) is 9.26 Å². The summed E-state index contributed by atoms with van der Waals surface area (Å²) < 4.78 is 11.5. The van der Waals surface area contributed by atoms with Crippen molar-refractivity contribution in [3.63, 3.8) is 0 Å². The van der Waals surface area contributed by atoms with Crippen LogP contribution in [0.25, 0.3) is 0 Å². The highest BCUT2D eigenvalue weighted by Crippen LogP contribution is 2.34. The van der Waals surface area contributed by atoms with Gasteiger partial charge in [-0.2, -0.15) is 4.98 Å².